The van der Waals surface area contributed by atoms with E-state index >= 15 is 0 Å². The van der Waals surface area contributed by atoms with Gasteiger partial charge >= 0.3 is 18.9 Å². The van der Waals surface area contributed by atoms with Crippen LogP contribution >= 0.6 is 8.03 Å². The minimum atomic E-state index is -2.23. The van der Waals surface area contributed by atoms with Crippen molar-refractivity contribution < 1.29 is 9.09 Å². The van der Waals surface area contributed by atoms with Gasteiger partial charge in [0.1, 0.15) is 5.75 Å². The molecule has 0 bridgehead atoms. The van der Waals surface area contributed by atoms with E-state index in [-0.39, 0.29) is 18.9 Å². The Morgan fingerprint density at radius 2 is 1.47 bits per heavy atom. The van der Waals surface area contributed by atoms with Gasteiger partial charge in [0.05, 0.1) is 0 Å². The number of rotatable bonds is 3. The van der Waals surface area contributed by atoms with Gasteiger partial charge < -0.3 is 4.52 Å². The second-order valence-electron chi connectivity index (χ2n) is 4.48. The Kier molecular flexibility index (Phi) is 5.95. The van der Waals surface area contributed by atoms with Crippen LogP contribution in [-0.2, 0) is 4.57 Å². The van der Waals surface area contributed by atoms with E-state index in [0.717, 1.165) is 22.2 Å². The van der Waals surface area contributed by atoms with Crippen LogP contribution in [0.1, 0.15) is 16.7 Å². The van der Waals surface area contributed by atoms with Gasteiger partial charge in [0.2, 0.25) is 0 Å². The molecule has 2 aromatic carbocycles. The Balaban J connectivity index is 0.00000180. The topological polar surface area (TPSA) is 26.3 Å². The Bertz CT molecular complexity index is 559. The zero-order valence-electron chi connectivity index (χ0n) is 10.9. The van der Waals surface area contributed by atoms with E-state index in [9.17, 15) is 4.57 Å². The monoisotopic (exact) mass is 268 g/mol. The average Bonchev–Trinajstić information content (AvgIpc) is 2.34. The van der Waals surface area contributed by atoms with E-state index in [4.69, 9.17) is 4.52 Å². The van der Waals surface area contributed by atoms with Crippen molar-refractivity contribution in [2.45, 2.75) is 20.8 Å². The van der Waals surface area contributed by atoms with Crippen LogP contribution in [0.25, 0.3) is 0 Å². The first kappa shape index (κ1) is 16.1. The summed E-state index contributed by atoms with van der Waals surface area (Å²) in [5.41, 5.74) is 3.25. The fraction of sp³-hybridized carbons (Fsp3) is 0.200. The first-order valence-electron chi connectivity index (χ1n) is 5.93. The summed E-state index contributed by atoms with van der Waals surface area (Å²) in [6.45, 7) is 6.01. The molecule has 2 nitrogen and oxygen atoms in total. The van der Waals surface area contributed by atoms with E-state index in [1.807, 2.05) is 63.2 Å². The number of hydrogen-bond donors (Lipinski definition) is 0. The summed E-state index contributed by atoms with van der Waals surface area (Å²) in [7, 11) is -2.23. The Morgan fingerprint density at radius 3 is 2.00 bits per heavy atom. The molecule has 0 radical (unpaired) electrons. The molecule has 4 heteroatoms. The summed E-state index contributed by atoms with van der Waals surface area (Å²) in [5.74, 6) is 0.744. The molecule has 2 rings (SSSR count). The number of hydrogen-bond acceptors (Lipinski definition) is 2. The summed E-state index contributed by atoms with van der Waals surface area (Å²) in [5, 5.41) is 0.752. The molecule has 0 saturated carbocycles. The van der Waals surface area contributed by atoms with Crippen LogP contribution in [0.2, 0.25) is 0 Å². The standard InChI is InChI=1S/C15H17O2P.Li.H/c1-11-9-12(2)15(13(3)10-11)17-18(16)14-7-5-4-6-8-14;;/h4-10,18H,1-3H3;;. The second kappa shape index (κ2) is 7.01. The fourth-order valence-corrected chi connectivity index (χ4v) is 3.14. The molecular formula is C15H18LiO2P. The summed E-state index contributed by atoms with van der Waals surface area (Å²) >= 11 is 0. The minimum absolute atomic E-state index is 0. The van der Waals surface area contributed by atoms with Crippen LogP contribution in [0.3, 0.4) is 0 Å². The third kappa shape index (κ3) is 4.01. The third-order valence-electron chi connectivity index (χ3n) is 2.81. The van der Waals surface area contributed by atoms with Gasteiger partial charge in [0.15, 0.2) is 0 Å². The van der Waals surface area contributed by atoms with Gasteiger partial charge in [-0.2, -0.15) is 0 Å². The first-order valence-corrected chi connectivity index (χ1v) is 7.24. The molecule has 0 spiro atoms. The first-order chi connectivity index (χ1) is 8.58. The van der Waals surface area contributed by atoms with Crippen LogP contribution in [0.15, 0.2) is 42.5 Å². The van der Waals surface area contributed by atoms with Gasteiger partial charge in [-0.05, 0) is 44.0 Å². The van der Waals surface area contributed by atoms with Crippen molar-refractivity contribution in [2.75, 3.05) is 0 Å². The molecule has 0 saturated heterocycles. The summed E-state index contributed by atoms with van der Waals surface area (Å²) in [6.07, 6.45) is 0. The maximum atomic E-state index is 12.2. The van der Waals surface area contributed by atoms with Gasteiger partial charge in [-0.1, -0.05) is 35.9 Å². The van der Waals surface area contributed by atoms with E-state index < -0.39 is 8.03 Å². The molecule has 0 aromatic heterocycles. The van der Waals surface area contributed by atoms with Crippen LogP contribution in [0, 0.1) is 20.8 Å². The van der Waals surface area contributed by atoms with Crippen molar-refractivity contribution in [3.8, 4) is 5.75 Å². The molecule has 1 atom stereocenters. The quantitative estimate of drug-likeness (QED) is 0.631. The Labute approximate surface area is 127 Å². The van der Waals surface area contributed by atoms with Crippen molar-refractivity contribution in [1.82, 2.24) is 0 Å². The summed E-state index contributed by atoms with van der Waals surface area (Å²) in [4.78, 5) is 0. The SMILES string of the molecule is Cc1cc(C)c(O[PH](=O)c2ccccc2)c(C)c1.[LiH]. The molecular weight excluding hydrogens is 250 g/mol. The molecule has 0 amide bonds. The predicted octanol–water partition coefficient (Wildman–Crippen LogP) is 3.14. The molecule has 0 aliphatic rings. The normalized spacial score (nSPS) is 11.5. The van der Waals surface area contributed by atoms with E-state index in [0.29, 0.717) is 0 Å². The van der Waals surface area contributed by atoms with Crippen molar-refractivity contribution in [1.29, 1.82) is 0 Å². The molecule has 0 fully saturated rings. The zero-order valence-corrected chi connectivity index (χ0v) is 11.9. The average molecular weight is 268 g/mol. The molecule has 2 aromatic rings. The number of benzene rings is 2. The Morgan fingerprint density at radius 1 is 0.947 bits per heavy atom. The maximum absolute atomic E-state index is 12.2. The van der Waals surface area contributed by atoms with E-state index in [1.165, 1.54) is 5.56 Å². The molecule has 0 aliphatic carbocycles. The van der Waals surface area contributed by atoms with Gasteiger partial charge in [0.25, 0.3) is 8.03 Å². The molecule has 0 aliphatic heterocycles. The summed E-state index contributed by atoms with van der Waals surface area (Å²) in [6, 6.07) is 13.4. The Hall–Kier alpha value is -0.933. The second-order valence-corrected chi connectivity index (χ2v) is 5.84. The van der Waals surface area contributed by atoms with Crippen molar-refractivity contribution in [3.05, 3.63) is 59.2 Å². The summed E-state index contributed by atoms with van der Waals surface area (Å²) < 4.78 is 17.8. The third-order valence-corrected chi connectivity index (χ3v) is 4.00. The molecule has 1 unspecified atom stereocenters. The predicted molar refractivity (Wildman–Crippen MR) is 83.5 cm³/mol. The molecule has 96 valence electrons. The van der Waals surface area contributed by atoms with Crippen LogP contribution in [0.5, 0.6) is 5.75 Å². The molecule has 0 N–H and O–H groups in total. The van der Waals surface area contributed by atoms with Gasteiger partial charge in [-0.15, -0.1) is 0 Å². The van der Waals surface area contributed by atoms with Crippen molar-refractivity contribution in [2.24, 2.45) is 0 Å². The van der Waals surface area contributed by atoms with Crippen molar-refractivity contribution >= 4 is 32.2 Å². The van der Waals surface area contributed by atoms with Crippen LogP contribution in [-0.4, -0.2) is 18.9 Å². The zero-order chi connectivity index (χ0) is 13.1. The van der Waals surface area contributed by atoms with Gasteiger partial charge in [-0.25, -0.2) is 0 Å². The molecule has 0 heterocycles. The van der Waals surface area contributed by atoms with Gasteiger partial charge in [-0.3, -0.25) is 4.57 Å². The van der Waals surface area contributed by atoms with Crippen LogP contribution in [0.4, 0.5) is 0 Å². The van der Waals surface area contributed by atoms with Crippen LogP contribution < -0.4 is 9.83 Å². The van der Waals surface area contributed by atoms with E-state index in [1.54, 1.807) is 0 Å². The van der Waals surface area contributed by atoms with Gasteiger partial charge in [0, 0.05) is 5.30 Å². The number of aryl methyl sites for hydroxylation is 3. The van der Waals surface area contributed by atoms with Crippen molar-refractivity contribution in [3.63, 3.8) is 0 Å². The molecule has 19 heavy (non-hydrogen) atoms. The fourth-order valence-electron chi connectivity index (χ4n) is 2.05. The van der Waals surface area contributed by atoms with E-state index in [2.05, 4.69) is 0 Å².